The number of aromatic nitrogens is 1. The van der Waals surface area contributed by atoms with Gasteiger partial charge in [0.1, 0.15) is 17.4 Å². The van der Waals surface area contributed by atoms with E-state index in [1.807, 2.05) is 0 Å². The summed E-state index contributed by atoms with van der Waals surface area (Å²) < 4.78 is 18.5. The first kappa shape index (κ1) is 13.3. The van der Waals surface area contributed by atoms with Crippen molar-refractivity contribution in [1.29, 1.82) is 5.26 Å². The Bertz CT molecular complexity index is 696. The van der Waals surface area contributed by atoms with E-state index in [9.17, 15) is 9.18 Å². The van der Waals surface area contributed by atoms with E-state index >= 15 is 0 Å². The Morgan fingerprint density at radius 1 is 1.58 bits per heavy atom. The van der Waals surface area contributed by atoms with Crippen LogP contribution in [0.1, 0.15) is 15.2 Å². The number of carboxylic acid groups (broad SMARTS) is 1. The van der Waals surface area contributed by atoms with Crippen molar-refractivity contribution in [3.63, 3.8) is 0 Å². The van der Waals surface area contributed by atoms with E-state index in [4.69, 9.17) is 26.7 Å². The molecule has 0 spiro atoms. The predicted molar refractivity (Wildman–Crippen MR) is 65.3 cm³/mol. The molecule has 0 atom stereocenters. The zero-order valence-corrected chi connectivity index (χ0v) is 10.6. The van der Waals surface area contributed by atoms with Crippen molar-refractivity contribution in [2.75, 3.05) is 0 Å². The Morgan fingerprint density at radius 2 is 2.32 bits per heavy atom. The number of thiazole rings is 1. The maximum absolute atomic E-state index is 13.3. The van der Waals surface area contributed by atoms with Gasteiger partial charge >= 0.3 is 5.97 Å². The van der Waals surface area contributed by atoms with Crippen molar-refractivity contribution in [1.82, 2.24) is 4.98 Å². The van der Waals surface area contributed by atoms with Gasteiger partial charge in [0.05, 0.1) is 0 Å². The number of nitrogens with zero attached hydrogens (tertiary/aromatic N) is 2. The van der Waals surface area contributed by atoms with Gasteiger partial charge in [-0.25, -0.2) is 9.18 Å². The first-order chi connectivity index (χ1) is 9.02. The zero-order valence-electron chi connectivity index (χ0n) is 9.05. The summed E-state index contributed by atoms with van der Waals surface area (Å²) in [5.41, 5.74) is -0.286. The van der Waals surface area contributed by atoms with Crippen molar-refractivity contribution < 1.29 is 19.0 Å². The third kappa shape index (κ3) is 2.65. The van der Waals surface area contributed by atoms with Gasteiger partial charge in [0.2, 0.25) is 0 Å². The van der Waals surface area contributed by atoms with Crippen molar-refractivity contribution in [2.24, 2.45) is 0 Å². The highest BCUT2D eigenvalue weighted by Gasteiger charge is 2.18. The number of aromatic carboxylic acids is 1. The minimum Gasteiger partial charge on any atom is -0.477 e. The van der Waals surface area contributed by atoms with Crippen molar-refractivity contribution >= 4 is 28.9 Å². The van der Waals surface area contributed by atoms with Crippen LogP contribution in [-0.4, -0.2) is 16.1 Å². The lowest BCUT2D eigenvalue weighted by Crippen LogP contribution is -1.91. The maximum atomic E-state index is 13.3. The molecular formula is C11H4ClFN2O3S. The quantitative estimate of drug-likeness (QED) is 0.940. The fraction of sp³-hybridized carbons (Fsp3) is 0. The van der Waals surface area contributed by atoms with Crippen LogP contribution in [0.15, 0.2) is 18.2 Å². The lowest BCUT2D eigenvalue weighted by atomic mass is 10.2. The van der Waals surface area contributed by atoms with E-state index in [1.54, 1.807) is 6.07 Å². The number of rotatable bonds is 3. The predicted octanol–water partition coefficient (Wildman–Crippen LogP) is 3.30. The molecule has 0 aliphatic heterocycles. The second-order valence-electron chi connectivity index (χ2n) is 3.23. The van der Waals surface area contributed by atoms with Crippen LogP contribution in [0.5, 0.6) is 10.9 Å². The molecule has 1 aromatic heterocycles. The van der Waals surface area contributed by atoms with Crippen LogP contribution < -0.4 is 4.74 Å². The third-order valence-corrected chi connectivity index (χ3v) is 3.35. The van der Waals surface area contributed by atoms with Crippen LogP contribution in [0, 0.1) is 17.1 Å². The minimum absolute atomic E-state index is 0.0511. The molecular weight excluding hydrogens is 295 g/mol. The number of hydrogen-bond acceptors (Lipinski definition) is 5. The highest BCUT2D eigenvalue weighted by molar-refractivity contribution is 7.15. The van der Waals surface area contributed by atoms with Crippen molar-refractivity contribution in [2.45, 2.75) is 0 Å². The Labute approximate surface area is 115 Å². The number of carboxylic acids is 1. The van der Waals surface area contributed by atoms with E-state index in [0.717, 1.165) is 6.07 Å². The summed E-state index contributed by atoms with van der Waals surface area (Å²) in [5.74, 6) is -2.02. The van der Waals surface area contributed by atoms with Gasteiger partial charge in [-0.3, -0.25) is 0 Å². The molecule has 0 aliphatic rings. The molecule has 8 heteroatoms. The Morgan fingerprint density at radius 3 is 2.89 bits per heavy atom. The van der Waals surface area contributed by atoms with E-state index in [0.29, 0.717) is 11.3 Å². The van der Waals surface area contributed by atoms with E-state index in [2.05, 4.69) is 4.98 Å². The molecule has 1 N–H and O–H groups in total. The molecule has 2 aromatic rings. The van der Waals surface area contributed by atoms with Crippen LogP contribution in [-0.2, 0) is 0 Å². The van der Waals surface area contributed by atoms with Gasteiger partial charge in [-0.2, -0.15) is 10.2 Å². The molecule has 2 rings (SSSR count). The molecule has 5 nitrogen and oxygen atoms in total. The molecule has 1 aromatic carbocycles. The molecule has 0 saturated heterocycles. The average Bonchev–Trinajstić information content (AvgIpc) is 2.71. The number of nitriles is 1. The Kier molecular flexibility index (Phi) is 3.64. The lowest BCUT2D eigenvalue weighted by Gasteiger charge is -2.03. The van der Waals surface area contributed by atoms with Crippen LogP contribution in [0.4, 0.5) is 4.39 Å². The summed E-state index contributed by atoms with van der Waals surface area (Å²) in [6.07, 6.45) is 0. The van der Waals surface area contributed by atoms with E-state index < -0.39 is 11.8 Å². The Balaban J connectivity index is 2.37. The second kappa shape index (κ2) is 5.22. The summed E-state index contributed by atoms with van der Waals surface area (Å²) >= 11 is 6.30. The average molecular weight is 299 g/mol. The van der Waals surface area contributed by atoms with Gasteiger partial charge in [0, 0.05) is 0 Å². The highest BCUT2D eigenvalue weighted by Crippen LogP contribution is 2.33. The molecule has 0 radical (unpaired) electrons. The van der Waals surface area contributed by atoms with Gasteiger partial charge in [-0.1, -0.05) is 29.0 Å². The first-order valence-electron chi connectivity index (χ1n) is 4.79. The molecule has 1 heterocycles. The normalized spacial score (nSPS) is 9.95. The van der Waals surface area contributed by atoms with Crippen LogP contribution in [0.25, 0.3) is 0 Å². The molecule has 0 fully saturated rings. The first-order valence-corrected chi connectivity index (χ1v) is 5.98. The Hall–Kier alpha value is -2.17. The van der Waals surface area contributed by atoms with E-state index in [1.165, 1.54) is 12.1 Å². The number of ether oxygens (including phenoxy) is 1. The van der Waals surface area contributed by atoms with Crippen molar-refractivity contribution in [3.8, 4) is 17.0 Å². The molecule has 0 amide bonds. The molecule has 0 saturated carbocycles. The maximum Gasteiger partial charge on any atom is 0.349 e. The topological polar surface area (TPSA) is 83.2 Å². The lowest BCUT2D eigenvalue weighted by molar-refractivity contribution is 0.0702. The summed E-state index contributed by atoms with van der Waals surface area (Å²) in [6, 6.07) is 5.50. The summed E-state index contributed by atoms with van der Waals surface area (Å²) in [4.78, 5) is 14.3. The second-order valence-corrected chi connectivity index (χ2v) is 4.55. The fourth-order valence-corrected chi connectivity index (χ4v) is 2.23. The highest BCUT2D eigenvalue weighted by atomic mass is 35.5. The molecule has 0 aliphatic carbocycles. The summed E-state index contributed by atoms with van der Waals surface area (Å²) in [6.45, 7) is 0. The number of benzene rings is 1. The fourth-order valence-electron chi connectivity index (χ4n) is 1.25. The third-order valence-electron chi connectivity index (χ3n) is 2.04. The molecule has 0 unspecified atom stereocenters. The zero-order chi connectivity index (χ0) is 14.0. The van der Waals surface area contributed by atoms with Crippen LogP contribution in [0.2, 0.25) is 5.15 Å². The number of hydrogen-bond donors (Lipinski definition) is 1. The van der Waals surface area contributed by atoms with Gasteiger partial charge in [-0.05, 0) is 12.1 Å². The molecule has 0 bridgehead atoms. The van der Waals surface area contributed by atoms with Crippen LogP contribution >= 0.6 is 22.9 Å². The largest absolute Gasteiger partial charge is 0.477 e. The van der Waals surface area contributed by atoms with Gasteiger partial charge in [0.25, 0.3) is 5.19 Å². The summed E-state index contributed by atoms with van der Waals surface area (Å²) in [5, 5.41) is 17.3. The van der Waals surface area contributed by atoms with Crippen molar-refractivity contribution in [3.05, 3.63) is 39.6 Å². The summed E-state index contributed by atoms with van der Waals surface area (Å²) in [7, 11) is 0. The standard InChI is InChI=1S/C11H4ClFN2O3S/c12-9-8(10(16)17)19-11(15-9)18-7-3-1-2-6(13)5(7)4-14/h1-3H,(H,16,17). The van der Waals surface area contributed by atoms with E-state index in [-0.39, 0.29) is 26.5 Å². The minimum atomic E-state index is -1.24. The number of halogens is 2. The number of carbonyl (C=O) groups is 1. The smallest absolute Gasteiger partial charge is 0.349 e. The molecule has 96 valence electrons. The van der Waals surface area contributed by atoms with Gasteiger partial charge in [0.15, 0.2) is 15.8 Å². The van der Waals surface area contributed by atoms with Gasteiger partial charge < -0.3 is 9.84 Å². The van der Waals surface area contributed by atoms with Gasteiger partial charge in [-0.15, -0.1) is 0 Å². The van der Waals surface area contributed by atoms with Crippen LogP contribution in [0.3, 0.4) is 0 Å². The molecule has 19 heavy (non-hydrogen) atoms. The monoisotopic (exact) mass is 298 g/mol. The SMILES string of the molecule is N#Cc1c(F)cccc1Oc1nc(Cl)c(C(=O)O)s1.